The first-order chi connectivity index (χ1) is 10.0. The van der Waals surface area contributed by atoms with E-state index in [1.807, 2.05) is 23.6 Å². The number of amides is 2. The second kappa shape index (κ2) is 6.63. The smallest absolute Gasteiger partial charge is 0.232 e. The summed E-state index contributed by atoms with van der Waals surface area (Å²) in [6.07, 6.45) is 7.16. The van der Waals surface area contributed by atoms with Crippen molar-refractivity contribution in [1.82, 2.24) is 9.80 Å². The van der Waals surface area contributed by atoms with E-state index in [0.717, 1.165) is 51.7 Å². The summed E-state index contributed by atoms with van der Waals surface area (Å²) in [5.74, 6) is 0.484. The van der Waals surface area contributed by atoms with Gasteiger partial charge in [0.05, 0.1) is 5.41 Å². The number of carbonyl (C=O) groups excluding carboxylic acids is 2. The normalized spacial score (nSPS) is 26.4. The molecule has 0 radical (unpaired) electrons. The second-order valence-electron chi connectivity index (χ2n) is 6.54. The van der Waals surface area contributed by atoms with Crippen molar-refractivity contribution in [2.45, 2.75) is 58.4 Å². The van der Waals surface area contributed by atoms with Gasteiger partial charge in [-0.25, -0.2) is 0 Å². The topological polar surface area (TPSA) is 40.6 Å². The van der Waals surface area contributed by atoms with Crippen LogP contribution in [0.4, 0.5) is 0 Å². The number of hydrogen-bond donors (Lipinski definition) is 0. The van der Waals surface area contributed by atoms with E-state index in [0.29, 0.717) is 18.4 Å². The average molecular weight is 292 g/mol. The summed E-state index contributed by atoms with van der Waals surface area (Å²) in [4.78, 5) is 28.6. The molecule has 2 amide bonds. The molecule has 0 aromatic heterocycles. The molecule has 21 heavy (non-hydrogen) atoms. The maximum atomic E-state index is 12.7. The van der Waals surface area contributed by atoms with Crippen LogP contribution in [0.15, 0.2) is 12.7 Å². The predicted molar refractivity (Wildman–Crippen MR) is 83.8 cm³/mol. The Kier molecular flexibility index (Phi) is 5.07. The minimum Gasteiger partial charge on any atom is -0.342 e. The molecule has 0 aromatic rings. The van der Waals surface area contributed by atoms with Gasteiger partial charge in [-0.05, 0) is 39.0 Å². The Morgan fingerprint density at radius 2 is 2.10 bits per heavy atom. The van der Waals surface area contributed by atoms with Gasteiger partial charge in [0.2, 0.25) is 11.8 Å². The Bertz CT molecular complexity index is 421. The Balaban J connectivity index is 1.99. The van der Waals surface area contributed by atoms with Crippen molar-refractivity contribution in [3.05, 3.63) is 12.7 Å². The van der Waals surface area contributed by atoms with Crippen molar-refractivity contribution >= 4 is 11.8 Å². The zero-order valence-electron chi connectivity index (χ0n) is 13.4. The Labute approximate surface area is 128 Å². The molecule has 2 heterocycles. The van der Waals surface area contributed by atoms with Crippen LogP contribution in [0.1, 0.15) is 52.4 Å². The van der Waals surface area contributed by atoms with Crippen LogP contribution in [0.2, 0.25) is 0 Å². The molecule has 4 nitrogen and oxygen atoms in total. The van der Waals surface area contributed by atoms with Crippen LogP contribution in [0.25, 0.3) is 0 Å². The summed E-state index contributed by atoms with van der Waals surface area (Å²) >= 11 is 0. The highest BCUT2D eigenvalue weighted by atomic mass is 16.2. The molecule has 2 saturated heterocycles. The molecule has 118 valence electrons. The standard InChI is InChI=1S/C17H28N2O2/c1-4-17(3,5-2)16(21)18-11-6-8-14(10-13-18)19-12-7-9-15(19)20/h4,14H,1,5-13H2,2-3H3/t14-,17-/m0/s1. The number of nitrogens with zero attached hydrogens (tertiary/aromatic N) is 2. The largest absolute Gasteiger partial charge is 0.342 e. The summed E-state index contributed by atoms with van der Waals surface area (Å²) in [5, 5.41) is 0. The molecule has 2 atom stereocenters. The summed E-state index contributed by atoms with van der Waals surface area (Å²) in [6, 6.07) is 0.328. The van der Waals surface area contributed by atoms with Crippen LogP contribution in [0.3, 0.4) is 0 Å². The van der Waals surface area contributed by atoms with Crippen molar-refractivity contribution in [1.29, 1.82) is 0 Å². The predicted octanol–water partition coefficient (Wildman–Crippen LogP) is 2.59. The molecule has 0 unspecified atom stereocenters. The van der Waals surface area contributed by atoms with Gasteiger partial charge >= 0.3 is 0 Å². The zero-order valence-corrected chi connectivity index (χ0v) is 13.4. The van der Waals surface area contributed by atoms with E-state index in [1.54, 1.807) is 6.08 Å². The maximum absolute atomic E-state index is 12.7. The van der Waals surface area contributed by atoms with E-state index < -0.39 is 5.41 Å². The molecular formula is C17H28N2O2. The molecule has 0 N–H and O–H groups in total. The highest BCUT2D eigenvalue weighted by Gasteiger charge is 2.35. The molecule has 0 aromatic carbocycles. The third kappa shape index (κ3) is 3.30. The zero-order chi connectivity index (χ0) is 15.5. The second-order valence-corrected chi connectivity index (χ2v) is 6.54. The number of rotatable bonds is 4. The minimum absolute atomic E-state index is 0.188. The summed E-state index contributed by atoms with van der Waals surface area (Å²) in [5.41, 5.74) is -0.455. The van der Waals surface area contributed by atoms with Gasteiger partial charge in [0.15, 0.2) is 0 Å². The summed E-state index contributed by atoms with van der Waals surface area (Å²) in [6.45, 7) is 10.3. The number of hydrogen-bond acceptors (Lipinski definition) is 2. The fourth-order valence-electron chi connectivity index (χ4n) is 3.39. The third-order valence-corrected chi connectivity index (χ3v) is 5.21. The first kappa shape index (κ1) is 16.1. The van der Waals surface area contributed by atoms with Crippen LogP contribution >= 0.6 is 0 Å². The van der Waals surface area contributed by atoms with Crippen molar-refractivity contribution in [2.75, 3.05) is 19.6 Å². The van der Waals surface area contributed by atoms with Crippen molar-refractivity contribution in [3.63, 3.8) is 0 Å². The Morgan fingerprint density at radius 1 is 1.33 bits per heavy atom. The van der Waals surface area contributed by atoms with Gasteiger partial charge in [0.1, 0.15) is 0 Å². The lowest BCUT2D eigenvalue weighted by molar-refractivity contribution is -0.138. The summed E-state index contributed by atoms with van der Waals surface area (Å²) in [7, 11) is 0. The van der Waals surface area contributed by atoms with Gasteiger partial charge in [-0.1, -0.05) is 13.0 Å². The van der Waals surface area contributed by atoms with Crippen LogP contribution in [-0.2, 0) is 9.59 Å². The fraction of sp³-hybridized carbons (Fsp3) is 0.765. The first-order valence-corrected chi connectivity index (χ1v) is 8.24. The van der Waals surface area contributed by atoms with Crippen LogP contribution < -0.4 is 0 Å². The van der Waals surface area contributed by atoms with E-state index in [2.05, 4.69) is 6.58 Å². The lowest BCUT2D eigenvalue weighted by atomic mass is 9.86. The minimum atomic E-state index is -0.455. The highest BCUT2D eigenvalue weighted by Crippen LogP contribution is 2.28. The van der Waals surface area contributed by atoms with E-state index in [4.69, 9.17) is 0 Å². The van der Waals surface area contributed by atoms with Crippen LogP contribution in [-0.4, -0.2) is 47.3 Å². The van der Waals surface area contributed by atoms with E-state index in [-0.39, 0.29) is 5.91 Å². The van der Waals surface area contributed by atoms with E-state index in [1.165, 1.54) is 0 Å². The van der Waals surface area contributed by atoms with Gasteiger partial charge in [-0.3, -0.25) is 9.59 Å². The van der Waals surface area contributed by atoms with Gasteiger partial charge in [-0.2, -0.15) is 0 Å². The molecule has 0 bridgehead atoms. The van der Waals surface area contributed by atoms with Gasteiger partial charge in [0, 0.05) is 32.1 Å². The fourth-order valence-corrected chi connectivity index (χ4v) is 3.39. The molecule has 2 aliphatic heterocycles. The molecule has 0 spiro atoms. The van der Waals surface area contributed by atoms with Gasteiger partial charge in [0.25, 0.3) is 0 Å². The molecule has 4 heteroatoms. The van der Waals surface area contributed by atoms with E-state index in [9.17, 15) is 9.59 Å². The Hall–Kier alpha value is -1.32. The quantitative estimate of drug-likeness (QED) is 0.747. The molecule has 2 fully saturated rings. The first-order valence-electron chi connectivity index (χ1n) is 8.24. The molecule has 2 rings (SSSR count). The van der Waals surface area contributed by atoms with Gasteiger partial charge < -0.3 is 9.80 Å². The SMILES string of the molecule is C=C[C@@](C)(CC)C(=O)N1CCC[C@H](N2CCCC2=O)CC1. The third-order valence-electron chi connectivity index (χ3n) is 5.21. The van der Waals surface area contributed by atoms with E-state index >= 15 is 0 Å². The maximum Gasteiger partial charge on any atom is 0.232 e. The van der Waals surface area contributed by atoms with Gasteiger partial charge in [-0.15, -0.1) is 6.58 Å². The van der Waals surface area contributed by atoms with Crippen molar-refractivity contribution in [3.8, 4) is 0 Å². The summed E-state index contributed by atoms with van der Waals surface area (Å²) < 4.78 is 0. The van der Waals surface area contributed by atoms with Crippen molar-refractivity contribution in [2.24, 2.45) is 5.41 Å². The lowest BCUT2D eigenvalue weighted by Crippen LogP contribution is -2.42. The monoisotopic (exact) mass is 292 g/mol. The van der Waals surface area contributed by atoms with Crippen LogP contribution in [0.5, 0.6) is 0 Å². The Morgan fingerprint density at radius 3 is 2.67 bits per heavy atom. The molecule has 0 aliphatic carbocycles. The lowest BCUT2D eigenvalue weighted by Gasteiger charge is -2.31. The van der Waals surface area contributed by atoms with Crippen molar-refractivity contribution < 1.29 is 9.59 Å². The van der Waals surface area contributed by atoms with Crippen LogP contribution in [0, 0.1) is 5.41 Å². The average Bonchev–Trinajstić information content (AvgIpc) is 2.78. The highest BCUT2D eigenvalue weighted by molar-refractivity contribution is 5.84. The molecule has 2 aliphatic rings. The molecule has 0 saturated carbocycles. The number of carbonyl (C=O) groups is 2. The number of likely N-dealkylation sites (tertiary alicyclic amines) is 2. The molecular weight excluding hydrogens is 264 g/mol.